The van der Waals surface area contributed by atoms with Gasteiger partial charge in [-0.15, -0.1) is 0 Å². The molecular formula is C11H15N3O2. The lowest BCUT2D eigenvalue weighted by Crippen LogP contribution is -2.21. The number of rotatable bonds is 5. The zero-order chi connectivity index (χ0) is 11.4. The van der Waals surface area contributed by atoms with Gasteiger partial charge in [0.25, 0.3) is 0 Å². The van der Waals surface area contributed by atoms with Crippen LogP contribution in [0.4, 0.5) is 0 Å². The maximum absolute atomic E-state index is 5.02. The normalized spacial score (nSPS) is 12.9. The molecule has 86 valence electrons. The molecule has 2 aromatic rings. The molecule has 1 unspecified atom stereocenters. The third-order valence-corrected chi connectivity index (χ3v) is 2.40. The van der Waals surface area contributed by atoms with E-state index in [2.05, 4.69) is 22.4 Å². The predicted molar refractivity (Wildman–Crippen MR) is 57.9 cm³/mol. The van der Waals surface area contributed by atoms with E-state index < -0.39 is 0 Å². The second-order valence-electron chi connectivity index (χ2n) is 3.72. The Hall–Kier alpha value is -1.62. The SMILES string of the molecule is Cc1noc(CCNC(C)c2ccoc2)n1. The van der Waals surface area contributed by atoms with Crippen LogP contribution in [0.2, 0.25) is 0 Å². The fourth-order valence-corrected chi connectivity index (χ4v) is 1.48. The van der Waals surface area contributed by atoms with E-state index in [4.69, 9.17) is 8.94 Å². The third kappa shape index (κ3) is 2.70. The largest absolute Gasteiger partial charge is 0.472 e. The van der Waals surface area contributed by atoms with Crippen molar-refractivity contribution < 1.29 is 8.94 Å². The maximum Gasteiger partial charge on any atom is 0.227 e. The van der Waals surface area contributed by atoms with Crippen molar-refractivity contribution in [2.45, 2.75) is 26.3 Å². The molecule has 0 aliphatic heterocycles. The first-order chi connectivity index (χ1) is 7.75. The molecule has 1 N–H and O–H groups in total. The standard InChI is InChI=1S/C11H15N3O2/c1-8(10-4-6-15-7-10)12-5-3-11-13-9(2)14-16-11/h4,6-8,12H,3,5H2,1-2H3. The van der Waals surface area contributed by atoms with Crippen LogP contribution in [0.5, 0.6) is 0 Å². The van der Waals surface area contributed by atoms with E-state index in [-0.39, 0.29) is 6.04 Å². The molecule has 2 heterocycles. The van der Waals surface area contributed by atoms with Crippen LogP contribution in [0.1, 0.15) is 30.2 Å². The Morgan fingerprint density at radius 2 is 2.38 bits per heavy atom. The van der Waals surface area contributed by atoms with Crippen molar-refractivity contribution in [1.29, 1.82) is 0 Å². The average Bonchev–Trinajstić information content (AvgIpc) is 2.89. The summed E-state index contributed by atoms with van der Waals surface area (Å²) in [5.41, 5.74) is 1.14. The summed E-state index contributed by atoms with van der Waals surface area (Å²) in [6, 6.07) is 2.22. The highest BCUT2D eigenvalue weighted by Crippen LogP contribution is 2.11. The smallest absolute Gasteiger partial charge is 0.227 e. The van der Waals surface area contributed by atoms with Crippen LogP contribution in [-0.2, 0) is 6.42 Å². The molecule has 5 nitrogen and oxygen atoms in total. The average molecular weight is 221 g/mol. The predicted octanol–water partition coefficient (Wildman–Crippen LogP) is 1.86. The van der Waals surface area contributed by atoms with Gasteiger partial charge in [0.2, 0.25) is 5.89 Å². The Balaban J connectivity index is 1.76. The zero-order valence-electron chi connectivity index (χ0n) is 9.43. The summed E-state index contributed by atoms with van der Waals surface area (Å²) in [5, 5.41) is 7.09. The van der Waals surface area contributed by atoms with Crippen molar-refractivity contribution >= 4 is 0 Å². The van der Waals surface area contributed by atoms with Gasteiger partial charge in [0, 0.05) is 24.6 Å². The summed E-state index contributed by atoms with van der Waals surface area (Å²) in [6.45, 7) is 4.70. The summed E-state index contributed by atoms with van der Waals surface area (Å²) in [6.07, 6.45) is 4.16. The molecule has 0 aliphatic rings. The van der Waals surface area contributed by atoms with Gasteiger partial charge in [-0.05, 0) is 19.9 Å². The minimum atomic E-state index is 0.266. The summed E-state index contributed by atoms with van der Waals surface area (Å²) in [5.74, 6) is 1.35. The summed E-state index contributed by atoms with van der Waals surface area (Å²) >= 11 is 0. The Bertz CT molecular complexity index is 422. The summed E-state index contributed by atoms with van der Waals surface area (Å²) < 4.78 is 10.0. The molecule has 0 amide bonds. The van der Waals surface area contributed by atoms with Gasteiger partial charge in [0.15, 0.2) is 5.82 Å². The van der Waals surface area contributed by atoms with E-state index in [1.165, 1.54) is 0 Å². The molecule has 2 aromatic heterocycles. The molecule has 0 aromatic carbocycles. The number of hydrogen-bond donors (Lipinski definition) is 1. The van der Waals surface area contributed by atoms with Crippen LogP contribution in [0, 0.1) is 6.92 Å². The fraction of sp³-hybridized carbons (Fsp3) is 0.455. The third-order valence-electron chi connectivity index (χ3n) is 2.40. The fourth-order valence-electron chi connectivity index (χ4n) is 1.48. The maximum atomic E-state index is 5.02. The van der Waals surface area contributed by atoms with Crippen molar-refractivity contribution in [3.05, 3.63) is 35.9 Å². The van der Waals surface area contributed by atoms with Gasteiger partial charge in [-0.2, -0.15) is 4.98 Å². The topological polar surface area (TPSA) is 64.1 Å². The second kappa shape index (κ2) is 4.94. The van der Waals surface area contributed by atoms with Gasteiger partial charge >= 0.3 is 0 Å². The van der Waals surface area contributed by atoms with E-state index in [0.29, 0.717) is 11.7 Å². The monoisotopic (exact) mass is 221 g/mol. The van der Waals surface area contributed by atoms with Gasteiger partial charge in [0.1, 0.15) is 0 Å². The van der Waals surface area contributed by atoms with E-state index in [1.807, 2.05) is 13.0 Å². The Kier molecular flexibility index (Phi) is 3.36. The lowest BCUT2D eigenvalue weighted by Gasteiger charge is -2.10. The highest BCUT2D eigenvalue weighted by atomic mass is 16.5. The quantitative estimate of drug-likeness (QED) is 0.834. The van der Waals surface area contributed by atoms with Crippen LogP contribution in [-0.4, -0.2) is 16.7 Å². The van der Waals surface area contributed by atoms with Crippen LogP contribution in [0.25, 0.3) is 0 Å². The van der Waals surface area contributed by atoms with E-state index in [0.717, 1.165) is 18.5 Å². The van der Waals surface area contributed by atoms with Crippen LogP contribution >= 0.6 is 0 Å². The first kappa shape index (κ1) is 10.9. The first-order valence-electron chi connectivity index (χ1n) is 5.30. The van der Waals surface area contributed by atoms with E-state index in [1.54, 1.807) is 12.5 Å². The molecule has 1 atom stereocenters. The van der Waals surface area contributed by atoms with Gasteiger partial charge in [-0.25, -0.2) is 0 Å². The van der Waals surface area contributed by atoms with Crippen LogP contribution < -0.4 is 5.32 Å². The van der Waals surface area contributed by atoms with Gasteiger partial charge in [-0.1, -0.05) is 5.16 Å². The summed E-state index contributed by atoms with van der Waals surface area (Å²) in [4.78, 5) is 4.13. The molecule has 0 aliphatic carbocycles. The number of nitrogens with zero attached hydrogens (tertiary/aromatic N) is 2. The number of hydrogen-bond acceptors (Lipinski definition) is 5. The molecule has 0 spiro atoms. The molecule has 5 heteroatoms. The van der Waals surface area contributed by atoms with E-state index >= 15 is 0 Å². The molecule has 0 fully saturated rings. The molecular weight excluding hydrogens is 206 g/mol. The number of aromatic nitrogens is 2. The van der Waals surface area contributed by atoms with E-state index in [9.17, 15) is 0 Å². The Morgan fingerprint density at radius 3 is 3.00 bits per heavy atom. The highest BCUT2D eigenvalue weighted by Gasteiger charge is 2.07. The Labute approximate surface area is 93.8 Å². The molecule has 0 saturated heterocycles. The zero-order valence-corrected chi connectivity index (χ0v) is 9.43. The number of nitrogens with one attached hydrogen (secondary N) is 1. The van der Waals surface area contributed by atoms with Crippen LogP contribution in [0.15, 0.2) is 27.5 Å². The minimum absolute atomic E-state index is 0.266. The van der Waals surface area contributed by atoms with Crippen molar-refractivity contribution in [3.8, 4) is 0 Å². The van der Waals surface area contributed by atoms with Gasteiger partial charge in [-0.3, -0.25) is 0 Å². The lowest BCUT2D eigenvalue weighted by atomic mass is 10.2. The second-order valence-corrected chi connectivity index (χ2v) is 3.72. The lowest BCUT2D eigenvalue weighted by molar-refractivity contribution is 0.370. The number of furan rings is 1. The Morgan fingerprint density at radius 1 is 1.50 bits per heavy atom. The number of aryl methyl sites for hydroxylation is 1. The summed E-state index contributed by atoms with van der Waals surface area (Å²) in [7, 11) is 0. The highest BCUT2D eigenvalue weighted by molar-refractivity contribution is 5.10. The molecule has 0 saturated carbocycles. The molecule has 2 rings (SSSR count). The van der Waals surface area contributed by atoms with Gasteiger partial charge < -0.3 is 14.3 Å². The molecule has 16 heavy (non-hydrogen) atoms. The van der Waals surface area contributed by atoms with Crippen molar-refractivity contribution in [2.75, 3.05) is 6.54 Å². The first-order valence-corrected chi connectivity index (χ1v) is 5.30. The van der Waals surface area contributed by atoms with Crippen LogP contribution in [0.3, 0.4) is 0 Å². The molecule has 0 radical (unpaired) electrons. The minimum Gasteiger partial charge on any atom is -0.472 e. The van der Waals surface area contributed by atoms with Crippen molar-refractivity contribution in [3.63, 3.8) is 0 Å². The van der Waals surface area contributed by atoms with Crippen molar-refractivity contribution in [2.24, 2.45) is 0 Å². The van der Waals surface area contributed by atoms with Gasteiger partial charge in [0.05, 0.1) is 12.5 Å². The molecule has 0 bridgehead atoms. The van der Waals surface area contributed by atoms with Crippen molar-refractivity contribution in [1.82, 2.24) is 15.5 Å².